The summed E-state index contributed by atoms with van der Waals surface area (Å²) < 4.78 is 39.2. The normalized spacial score (nSPS) is 11.8. The summed E-state index contributed by atoms with van der Waals surface area (Å²) in [5.74, 6) is 2.01. The van der Waals surface area contributed by atoms with Crippen LogP contribution in [-0.4, -0.2) is 12.0 Å². The highest BCUT2D eigenvalue weighted by Gasteiger charge is 2.13. The molecular weight excluding hydrogens is 233 g/mol. The minimum atomic E-state index is -1.06. The molecule has 0 atom stereocenters. The molecular formula is C10H13F3N4. The first kappa shape index (κ1) is 13.3. The quantitative estimate of drug-likeness (QED) is 0.322. The van der Waals surface area contributed by atoms with Gasteiger partial charge in [-0.25, -0.2) is 24.0 Å². The van der Waals surface area contributed by atoms with E-state index in [1.165, 1.54) is 0 Å². The Kier molecular flexibility index (Phi) is 4.33. The van der Waals surface area contributed by atoms with Gasteiger partial charge in [-0.3, -0.25) is 5.43 Å². The van der Waals surface area contributed by atoms with Gasteiger partial charge in [0.15, 0.2) is 11.6 Å². The zero-order valence-electron chi connectivity index (χ0n) is 9.39. The van der Waals surface area contributed by atoms with Crippen molar-refractivity contribution in [3.8, 4) is 0 Å². The molecule has 4 nitrogen and oxygen atoms in total. The summed E-state index contributed by atoms with van der Waals surface area (Å²) in [6.07, 6.45) is 0. The van der Waals surface area contributed by atoms with Crippen molar-refractivity contribution in [1.29, 1.82) is 0 Å². The van der Waals surface area contributed by atoms with Crippen molar-refractivity contribution in [1.82, 2.24) is 5.43 Å². The van der Waals surface area contributed by atoms with E-state index in [4.69, 9.17) is 5.84 Å². The highest BCUT2D eigenvalue weighted by Crippen LogP contribution is 2.19. The molecule has 0 bridgehead atoms. The van der Waals surface area contributed by atoms with Gasteiger partial charge in [0.05, 0.1) is 0 Å². The number of aliphatic imine (C=N–C) groups is 1. The second-order valence-corrected chi connectivity index (χ2v) is 3.59. The molecule has 0 unspecified atom stereocenters. The number of nitrogens with two attached hydrogens (primary N) is 1. The Labute approximate surface area is 96.7 Å². The van der Waals surface area contributed by atoms with E-state index in [0.29, 0.717) is 12.1 Å². The number of halogens is 3. The second-order valence-electron chi connectivity index (χ2n) is 3.59. The molecule has 1 aromatic rings. The molecule has 0 aliphatic heterocycles. The molecule has 0 aromatic heterocycles. The van der Waals surface area contributed by atoms with Crippen LogP contribution in [0.4, 0.5) is 18.9 Å². The van der Waals surface area contributed by atoms with Crippen LogP contribution in [0.5, 0.6) is 0 Å². The lowest BCUT2D eigenvalue weighted by Crippen LogP contribution is -2.37. The largest absolute Gasteiger partial charge is 0.320 e. The Morgan fingerprint density at radius 1 is 1.24 bits per heavy atom. The van der Waals surface area contributed by atoms with Crippen molar-refractivity contribution in [3.05, 3.63) is 29.6 Å². The number of rotatable bonds is 2. The predicted molar refractivity (Wildman–Crippen MR) is 59.8 cm³/mol. The van der Waals surface area contributed by atoms with Crippen LogP contribution in [0.25, 0.3) is 0 Å². The molecule has 0 aliphatic rings. The molecule has 1 rings (SSSR count). The van der Waals surface area contributed by atoms with E-state index in [0.717, 1.165) is 0 Å². The van der Waals surface area contributed by atoms with Gasteiger partial charge in [0.2, 0.25) is 5.96 Å². The first-order chi connectivity index (χ1) is 7.93. The summed E-state index contributed by atoms with van der Waals surface area (Å²) >= 11 is 0. The van der Waals surface area contributed by atoms with Gasteiger partial charge in [-0.2, -0.15) is 0 Å². The third kappa shape index (κ3) is 3.63. The van der Waals surface area contributed by atoms with Crippen LogP contribution in [-0.2, 0) is 0 Å². The van der Waals surface area contributed by atoms with Crippen molar-refractivity contribution in [2.45, 2.75) is 19.9 Å². The molecule has 7 heteroatoms. The number of hydrazine groups is 1. The first-order valence-electron chi connectivity index (χ1n) is 4.90. The van der Waals surface area contributed by atoms with E-state index >= 15 is 0 Å². The lowest BCUT2D eigenvalue weighted by Gasteiger charge is -2.12. The van der Waals surface area contributed by atoms with E-state index in [1.807, 2.05) is 0 Å². The minimum absolute atomic E-state index is 0.00981. The average Bonchev–Trinajstić information content (AvgIpc) is 2.20. The number of nitrogens with one attached hydrogen (secondary N) is 2. The van der Waals surface area contributed by atoms with E-state index in [1.54, 1.807) is 13.8 Å². The van der Waals surface area contributed by atoms with Gasteiger partial charge >= 0.3 is 0 Å². The van der Waals surface area contributed by atoms with Crippen LogP contribution >= 0.6 is 0 Å². The first-order valence-corrected chi connectivity index (χ1v) is 4.90. The molecule has 0 amide bonds. The highest BCUT2D eigenvalue weighted by atomic mass is 19.1. The molecule has 0 radical (unpaired) electrons. The average molecular weight is 246 g/mol. The molecule has 0 saturated carbocycles. The smallest absolute Gasteiger partial charge is 0.210 e. The fraction of sp³-hybridized carbons (Fsp3) is 0.300. The Morgan fingerprint density at radius 3 is 2.18 bits per heavy atom. The summed E-state index contributed by atoms with van der Waals surface area (Å²) in [7, 11) is 0. The van der Waals surface area contributed by atoms with Crippen molar-refractivity contribution in [2.24, 2.45) is 10.8 Å². The zero-order chi connectivity index (χ0) is 13.0. The van der Waals surface area contributed by atoms with Crippen LogP contribution in [0.15, 0.2) is 17.1 Å². The summed E-state index contributed by atoms with van der Waals surface area (Å²) in [5, 5.41) is 2.32. The van der Waals surface area contributed by atoms with Crippen LogP contribution < -0.4 is 16.6 Å². The van der Waals surface area contributed by atoms with Crippen LogP contribution in [0.1, 0.15) is 13.8 Å². The van der Waals surface area contributed by atoms with Gasteiger partial charge in [0.1, 0.15) is 11.5 Å². The zero-order valence-corrected chi connectivity index (χ0v) is 9.39. The van der Waals surface area contributed by atoms with Crippen molar-refractivity contribution in [2.75, 3.05) is 5.32 Å². The molecule has 0 aliphatic carbocycles. The van der Waals surface area contributed by atoms with Gasteiger partial charge in [0, 0.05) is 18.2 Å². The van der Waals surface area contributed by atoms with Gasteiger partial charge in [-0.1, -0.05) is 0 Å². The van der Waals surface area contributed by atoms with Gasteiger partial charge in [-0.15, -0.1) is 0 Å². The second kappa shape index (κ2) is 5.53. The molecule has 94 valence electrons. The fourth-order valence-electron chi connectivity index (χ4n) is 1.14. The number of benzene rings is 1. The van der Waals surface area contributed by atoms with E-state index in [2.05, 4.69) is 15.7 Å². The summed E-state index contributed by atoms with van der Waals surface area (Å²) in [5.41, 5.74) is 1.65. The molecule has 4 N–H and O–H groups in total. The highest BCUT2D eigenvalue weighted by molar-refractivity contribution is 5.93. The Balaban J connectivity index is 3.02. The minimum Gasteiger partial charge on any atom is -0.320 e. The van der Waals surface area contributed by atoms with Crippen LogP contribution in [0.2, 0.25) is 0 Å². The van der Waals surface area contributed by atoms with Gasteiger partial charge in [0.25, 0.3) is 0 Å². The summed E-state index contributed by atoms with van der Waals surface area (Å²) in [6.45, 7) is 3.52. The van der Waals surface area contributed by atoms with Crippen molar-refractivity contribution < 1.29 is 13.2 Å². The third-order valence-electron chi connectivity index (χ3n) is 1.77. The lowest BCUT2D eigenvalue weighted by molar-refractivity contribution is 0.549. The number of anilines is 1. The SMILES string of the molecule is CC(C)N=C(NN)Nc1c(F)cc(F)cc1F. The molecule has 0 spiro atoms. The molecule has 0 fully saturated rings. The standard InChI is InChI=1S/C10H13F3N4/c1-5(2)15-10(17-14)16-9-7(12)3-6(11)4-8(9)13/h3-5H,14H2,1-2H3,(H2,15,16,17). The Bertz CT molecular complexity index is 409. The molecule has 0 saturated heterocycles. The Morgan fingerprint density at radius 2 is 1.76 bits per heavy atom. The maximum absolute atomic E-state index is 13.3. The van der Waals surface area contributed by atoms with Crippen LogP contribution in [0.3, 0.4) is 0 Å². The molecule has 1 aromatic carbocycles. The number of hydrogen-bond donors (Lipinski definition) is 3. The molecule has 17 heavy (non-hydrogen) atoms. The Hall–Kier alpha value is -1.76. The van der Waals surface area contributed by atoms with E-state index < -0.39 is 23.1 Å². The van der Waals surface area contributed by atoms with E-state index in [9.17, 15) is 13.2 Å². The predicted octanol–water partition coefficient (Wildman–Crippen LogP) is 1.74. The molecule has 0 heterocycles. The summed E-state index contributed by atoms with van der Waals surface area (Å²) in [6, 6.07) is 1.00. The number of guanidine groups is 1. The maximum Gasteiger partial charge on any atom is 0.210 e. The van der Waals surface area contributed by atoms with Gasteiger partial charge < -0.3 is 5.32 Å². The maximum atomic E-state index is 13.3. The monoisotopic (exact) mass is 246 g/mol. The number of hydrogen-bond acceptors (Lipinski definition) is 2. The fourth-order valence-corrected chi connectivity index (χ4v) is 1.14. The number of nitrogens with zero attached hydrogens (tertiary/aromatic N) is 1. The lowest BCUT2D eigenvalue weighted by atomic mass is 10.3. The van der Waals surface area contributed by atoms with Crippen LogP contribution in [0, 0.1) is 17.5 Å². The van der Waals surface area contributed by atoms with E-state index in [-0.39, 0.29) is 12.0 Å². The van der Waals surface area contributed by atoms with Crippen molar-refractivity contribution in [3.63, 3.8) is 0 Å². The third-order valence-corrected chi connectivity index (χ3v) is 1.77. The summed E-state index contributed by atoms with van der Waals surface area (Å²) in [4.78, 5) is 3.94. The van der Waals surface area contributed by atoms with Crippen molar-refractivity contribution >= 4 is 11.6 Å². The topological polar surface area (TPSA) is 62.4 Å². The van der Waals surface area contributed by atoms with Gasteiger partial charge in [-0.05, 0) is 13.8 Å².